The molecule has 0 atom stereocenters. The molecule has 12 nitrogen and oxygen atoms in total. The van der Waals surface area contributed by atoms with Gasteiger partial charge in [0.1, 0.15) is 0 Å². The van der Waals surface area contributed by atoms with Gasteiger partial charge in [0.15, 0.2) is 0 Å². The summed E-state index contributed by atoms with van der Waals surface area (Å²) in [5.41, 5.74) is 0. The van der Waals surface area contributed by atoms with E-state index in [0.717, 1.165) is 0 Å². The molecule has 22 heavy (non-hydrogen) atoms. The smallest absolute Gasteiger partial charge is 0.724 e. The third kappa shape index (κ3) is 30.7. The first-order valence-electron chi connectivity index (χ1n) is 4.90. The number of aliphatic hydroxyl groups excluding tert-OH is 3. The van der Waals surface area contributed by atoms with Crippen molar-refractivity contribution in [2.24, 2.45) is 0 Å². The molecule has 0 aromatic heterocycles. The summed E-state index contributed by atoms with van der Waals surface area (Å²) in [5, 5.41) is 25.5. The van der Waals surface area contributed by atoms with E-state index in [2.05, 4.69) is 8.67 Å². The van der Waals surface area contributed by atoms with Crippen LogP contribution in [0.25, 0.3) is 0 Å². The summed E-state index contributed by atoms with van der Waals surface area (Å²) < 4.78 is 61.5. The predicted octanol–water partition coefficient (Wildman–Crippen LogP) is -9.87. The van der Waals surface area contributed by atoms with Gasteiger partial charge in [0.05, 0.1) is 19.8 Å². The van der Waals surface area contributed by atoms with Gasteiger partial charge < -0.3 is 24.4 Å². The molecule has 0 aromatic carbocycles. The van der Waals surface area contributed by atoms with Crippen LogP contribution in [0.15, 0.2) is 0 Å². The molecule has 124 valence electrons. The summed E-state index contributed by atoms with van der Waals surface area (Å²) in [7, 11) is -10.6. The molecular formula is C6H15K2NO11S2. The van der Waals surface area contributed by atoms with Crippen LogP contribution in [-0.4, -0.2) is 85.6 Å². The average molecular weight is 420 g/mol. The Labute approximate surface area is 213 Å². The first-order valence-corrected chi connectivity index (χ1v) is 7.56. The monoisotopic (exact) mass is 419 g/mol. The van der Waals surface area contributed by atoms with E-state index >= 15 is 0 Å². The van der Waals surface area contributed by atoms with E-state index in [4.69, 9.17) is 15.3 Å². The van der Waals surface area contributed by atoms with Crippen molar-refractivity contribution in [3.63, 3.8) is 0 Å². The molecule has 0 aliphatic heterocycles. The second-order valence-corrected chi connectivity index (χ2v) is 4.87. The number of aliphatic hydroxyl groups is 3. The molecule has 0 amide bonds. The van der Waals surface area contributed by atoms with Crippen molar-refractivity contribution < 1.29 is 153 Å². The van der Waals surface area contributed by atoms with Gasteiger partial charge in [0.2, 0.25) is 20.8 Å². The maximum absolute atomic E-state index is 9.37. The molecule has 0 aromatic rings. The molecule has 16 heteroatoms. The van der Waals surface area contributed by atoms with Crippen LogP contribution in [0, 0.1) is 0 Å². The van der Waals surface area contributed by atoms with E-state index in [9.17, 15) is 25.9 Å². The third-order valence-corrected chi connectivity index (χ3v) is 2.00. The standard InChI is InChI=1S/C6H15NO3.2K.H2O8S2/c8-4-1-7(2-5-9)3-6-10;;;1-9(2,3)7-8-10(4,5)6/h8-10H,1-6H2;;;(H,1,2,3)(H,4,5,6)/q;2*+1;/p-2. The third-order valence-electron chi connectivity index (χ3n) is 1.44. The van der Waals surface area contributed by atoms with Crippen molar-refractivity contribution in [1.82, 2.24) is 4.90 Å². The van der Waals surface area contributed by atoms with Crippen LogP contribution in [-0.2, 0) is 29.5 Å². The van der Waals surface area contributed by atoms with Gasteiger partial charge in [-0.2, -0.15) is 0 Å². The van der Waals surface area contributed by atoms with Crippen LogP contribution in [0.3, 0.4) is 0 Å². The van der Waals surface area contributed by atoms with E-state index < -0.39 is 20.8 Å². The average Bonchev–Trinajstić information content (AvgIpc) is 2.27. The van der Waals surface area contributed by atoms with E-state index in [1.165, 1.54) is 0 Å². The molecule has 0 aliphatic rings. The normalized spacial score (nSPS) is 11.0. The Morgan fingerprint density at radius 2 is 0.955 bits per heavy atom. The van der Waals surface area contributed by atoms with E-state index in [0.29, 0.717) is 19.6 Å². The van der Waals surface area contributed by atoms with E-state index in [1.807, 2.05) is 0 Å². The fraction of sp³-hybridized carbons (Fsp3) is 1.00. The number of rotatable bonds is 9. The van der Waals surface area contributed by atoms with Crippen LogP contribution in [0.2, 0.25) is 0 Å². The van der Waals surface area contributed by atoms with Crippen molar-refractivity contribution in [2.75, 3.05) is 39.5 Å². The Kier molecular flexibility index (Phi) is 27.5. The maximum Gasteiger partial charge on any atom is 1.00 e. The molecular weight excluding hydrogens is 404 g/mol. The molecule has 0 saturated heterocycles. The van der Waals surface area contributed by atoms with Crippen molar-refractivity contribution in [3.05, 3.63) is 0 Å². The summed E-state index contributed by atoms with van der Waals surface area (Å²) in [6, 6.07) is 0. The number of hydrogen-bond acceptors (Lipinski definition) is 12. The number of hydrogen-bond donors (Lipinski definition) is 3. The van der Waals surface area contributed by atoms with Crippen LogP contribution in [0.4, 0.5) is 0 Å². The molecule has 0 saturated carbocycles. The maximum atomic E-state index is 9.37. The Hall–Kier alpha value is 2.85. The Bertz CT molecular complexity index is 382. The van der Waals surface area contributed by atoms with Crippen LogP contribution in [0.5, 0.6) is 0 Å². The summed E-state index contributed by atoms with van der Waals surface area (Å²) in [6.45, 7) is 1.75. The SMILES string of the molecule is O=S(=O)([O-])OOS(=O)(=O)[O-].OCCN(CCO)CCO.[K+].[K+]. The fourth-order valence-corrected chi connectivity index (χ4v) is 1.37. The first kappa shape index (κ1) is 32.5. The second kappa shape index (κ2) is 18.6. The molecule has 0 spiro atoms. The van der Waals surface area contributed by atoms with Crippen molar-refractivity contribution in [1.29, 1.82) is 0 Å². The molecule has 0 aliphatic carbocycles. The van der Waals surface area contributed by atoms with E-state index in [1.54, 1.807) is 4.90 Å². The first-order chi connectivity index (χ1) is 9.05. The van der Waals surface area contributed by atoms with Gasteiger partial charge in [0, 0.05) is 19.6 Å². The minimum atomic E-state index is -5.31. The van der Waals surface area contributed by atoms with Crippen molar-refractivity contribution >= 4 is 20.8 Å². The predicted molar refractivity (Wildman–Crippen MR) is 59.3 cm³/mol. The van der Waals surface area contributed by atoms with Gasteiger partial charge in [-0.25, -0.2) is 16.8 Å². The minimum absolute atomic E-state index is 0. The zero-order valence-electron chi connectivity index (χ0n) is 12.1. The topological polar surface area (TPSA) is 197 Å². The minimum Gasteiger partial charge on any atom is -0.724 e. The van der Waals surface area contributed by atoms with Crippen LogP contribution in [0.1, 0.15) is 0 Å². The summed E-state index contributed by atoms with van der Waals surface area (Å²) in [6.07, 6.45) is 0. The Balaban J connectivity index is -0.000000135. The molecule has 0 heterocycles. The van der Waals surface area contributed by atoms with Crippen molar-refractivity contribution in [3.8, 4) is 0 Å². The molecule has 0 fully saturated rings. The van der Waals surface area contributed by atoms with Gasteiger partial charge in [-0.15, -0.1) is 8.67 Å². The Morgan fingerprint density at radius 3 is 1.09 bits per heavy atom. The van der Waals surface area contributed by atoms with Gasteiger partial charge in [0.25, 0.3) is 0 Å². The summed E-state index contributed by atoms with van der Waals surface area (Å²) >= 11 is 0. The van der Waals surface area contributed by atoms with E-state index in [-0.39, 0.29) is 123 Å². The van der Waals surface area contributed by atoms with Gasteiger partial charge >= 0.3 is 103 Å². The molecule has 3 N–H and O–H groups in total. The molecule has 0 bridgehead atoms. The quantitative estimate of drug-likeness (QED) is 0.105. The second-order valence-electron chi connectivity index (χ2n) is 2.97. The summed E-state index contributed by atoms with van der Waals surface area (Å²) in [4.78, 5) is 1.79. The fourth-order valence-electron chi connectivity index (χ4n) is 0.828. The molecule has 0 rings (SSSR count). The van der Waals surface area contributed by atoms with Gasteiger partial charge in [-0.1, -0.05) is 0 Å². The molecule has 0 radical (unpaired) electrons. The largest absolute Gasteiger partial charge is 1.00 e. The Morgan fingerprint density at radius 1 is 0.727 bits per heavy atom. The summed E-state index contributed by atoms with van der Waals surface area (Å²) in [5.74, 6) is 0. The van der Waals surface area contributed by atoms with Gasteiger partial charge in [-0.3, -0.25) is 4.90 Å². The van der Waals surface area contributed by atoms with Crippen molar-refractivity contribution in [2.45, 2.75) is 0 Å². The van der Waals surface area contributed by atoms with Crippen LogP contribution < -0.4 is 103 Å². The van der Waals surface area contributed by atoms with Gasteiger partial charge in [-0.05, 0) is 0 Å². The zero-order chi connectivity index (χ0) is 16.2. The number of nitrogens with zero attached hydrogens (tertiary/aromatic N) is 1. The molecule has 0 unspecified atom stereocenters. The van der Waals surface area contributed by atoms with Crippen LogP contribution >= 0.6 is 0 Å². The zero-order valence-corrected chi connectivity index (χ0v) is 20.0.